The first-order valence-corrected chi connectivity index (χ1v) is 8.72. The molecule has 116 valence electrons. The van der Waals surface area contributed by atoms with Crippen LogP contribution >= 0.6 is 35.0 Å². The summed E-state index contributed by atoms with van der Waals surface area (Å²) in [5.41, 5.74) is 2.89. The number of hydrogen-bond acceptors (Lipinski definition) is 3. The molecule has 0 amide bonds. The molecule has 22 heavy (non-hydrogen) atoms. The summed E-state index contributed by atoms with van der Waals surface area (Å²) in [6, 6.07) is 11.6. The summed E-state index contributed by atoms with van der Waals surface area (Å²) in [6.07, 6.45) is 2.91. The minimum absolute atomic E-state index is 0.232. The van der Waals surface area contributed by atoms with E-state index in [0.29, 0.717) is 22.9 Å². The number of esters is 1. The van der Waals surface area contributed by atoms with E-state index in [1.54, 1.807) is 11.8 Å². The van der Waals surface area contributed by atoms with Crippen LogP contribution in [0.15, 0.2) is 41.3 Å². The van der Waals surface area contributed by atoms with Gasteiger partial charge in [0.2, 0.25) is 0 Å². The van der Waals surface area contributed by atoms with Gasteiger partial charge in [-0.2, -0.15) is 0 Å². The van der Waals surface area contributed by atoms with Crippen LogP contribution in [0.3, 0.4) is 0 Å². The average Bonchev–Trinajstić information content (AvgIpc) is 2.53. The van der Waals surface area contributed by atoms with Crippen molar-refractivity contribution in [3.05, 3.63) is 52.0 Å². The molecule has 0 aliphatic carbocycles. The van der Waals surface area contributed by atoms with Crippen LogP contribution in [0.2, 0.25) is 10.0 Å². The molecule has 0 atom stereocenters. The molecule has 2 nitrogen and oxygen atoms in total. The van der Waals surface area contributed by atoms with Crippen LogP contribution in [0.1, 0.15) is 12.0 Å². The number of thioether (sulfide) groups is 1. The molecule has 0 saturated heterocycles. The van der Waals surface area contributed by atoms with Crippen molar-refractivity contribution in [1.29, 1.82) is 0 Å². The molecule has 0 aliphatic rings. The first-order chi connectivity index (χ1) is 10.5. The van der Waals surface area contributed by atoms with Crippen LogP contribution in [0.4, 0.5) is 0 Å². The van der Waals surface area contributed by atoms with Gasteiger partial charge in [-0.1, -0.05) is 35.3 Å². The van der Waals surface area contributed by atoms with Crippen molar-refractivity contribution in [3.8, 4) is 11.1 Å². The summed E-state index contributed by atoms with van der Waals surface area (Å²) >= 11 is 14.2. The van der Waals surface area contributed by atoms with E-state index in [-0.39, 0.29) is 5.97 Å². The fraction of sp³-hybridized carbons (Fsp3) is 0.235. The molecule has 0 aromatic heterocycles. The van der Waals surface area contributed by atoms with Crippen LogP contribution in [0.25, 0.3) is 11.1 Å². The van der Waals surface area contributed by atoms with Gasteiger partial charge in [-0.25, -0.2) is 0 Å². The average molecular weight is 355 g/mol. The highest BCUT2D eigenvalue weighted by molar-refractivity contribution is 7.98. The summed E-state index contributed by atoms with van der Waals surface area (Å²) in [7, 11) is 1.39. The van der Waals surface area contributed by atoms with Crippen molar-refractivity contribution < 1.29 is 9.53 Å². The second kappa shape index (κ2) is 7.91. The van der Waals surface area contributed by atoms with Crippen LogP contribution in [0, 0.1) is 0 Å². The van der Waals surface area contributed by atoms with Crippen molar-refractivity contribution in [2.45, 2.75) is 17.7 Å². The third kappa shape index (κ3) is 4.19. The number of ether oxygens (including phenoxy) is 1. The van der Waals surface area contributed by atoms with Gasteiger partial charge in [-0.15, -0.1) is 11.8 Å². The van der Waals surface area contributed by atoms with Gasteiger partial charge in [-0.05, 0) is 48.1 Å². The monoisotopic (exact) mass is 354 g/mol. The standard InChI is InChI=1S/C17H16Cl2O2S/c1-21-17(20)8-4-11-3-5-12(18)9-15(11)14-7-6-13(22-2)10-16(14)19/h3,5-7,9-10H,4,8H2,1-2H3. The van der Waals surface area contributed by atoms with Crippen molar-refractivity contribution in [3.63, 3.8) is 0 Å². The summed E-state index contributed by atoms with van der Waals surface area (Å²) in [5.74, 6) is -0.232. The smallest absolute Gasteiger partial charge is 0.305 e. The summed E-state index contributed by atoms with van der Waals surface area (Å²) in [6.45, 7) is 0. The molecule has 2 aromatic rings. The first-order valence-electron chi connectivity index (χ1n) is 6.74. The highest BCUT2D eigenvalue weighted by Gasteiger charge is 2.12. The minimum atomic E-state index is -0.232. The molecule has 5 heteroatoms. The number of carbonyl (C=O) groups is 1. The van der Waals surface area contributed by atoms with Crippen LogP contribution in [-0.4, -0.2) is 19.3 Å². The van der Waals surface area contributed by atoms with E-state index in [1.165, 1.54) is 7.11 Å². The van der Waals surface area contributed by atoms with Crippen molar-refractivity contribution in [2.24, 2.45) is 0 Å². The van der Waals surface area contributed by atoms with Gasteiger partial charge in [0, 0.05) is 26.9 Å². The van der Waals surface area contributed by atoms with Gasteiger partial charge in [0.1, 0.15) is 0 Å². The van der Waals surface area contributed by atoms with Crippen LogP contribution < -0.4 is 0 Å². The predicted molar refractivity (Wildman–Crippen MR) is 94.0 cm³/mol. The molecule has 0 spiro atoms. The van der Waals surface area contributed by atoms with E-state index >= 15 is 0 Å². The number of aryl methyl sites for hydroxylation is 1. The number of hydrogen-bond donors (Lipinski definition) is 0. The lowest BCUT2D eigenvalue weighted by molar-refractivity contribution is -0.140. The maximum absolute atomic E-state index is 11.4. The Morgan fingerprint density at radius 3 is 2.55 bits per heavy atom. The molecule has 0 aliphatic heterocycles. The van der Waals surface area contributed by atoms with Gasteiger partial charge in [0.25, 0.3) is 0 Å². The molecular formula is C17H16Cl2O2S. The van der Waals surface area contributed by atoms with Gasteiger partial charge in [-0.3, -0.25) is 4.79 Å². The molecule has 0 unspecified atom stereocenters. The normalized spacial score (nSPS) is 10.5. The molecular weight excluding hydrogens is 339 g/mol. The lowest BCUT2D eigenvalue weighted by atomic mass is 9.96. The number of benzene rings is 2. The maximum Gasteiger partial charge on any atom is 0.305 e. The maximum atomic E-state index is 11.4. The fourth-order valence-electron chi connectivity index (χ4n) is 2.20. The number of methoxy groups -OCH3 is 1. The highest BCUT2D eigenvalue weighted by atomic mass is 35.5. The van der Waals surface area contributed by atoms with Gasteiger partial charge >= 0.3 is 5.97 Å². The Hall–Kier alpha value is -1.16. The van der Waals surface area contributed by atoms with Crippen LogP contribution in [-0.2, 0) is 16.0 Å². The van der Waals surface area contributed by atoms with Crippen molar-refractivity contribution in [1.82, 2.24) is 0 Å². The molecule has 0 radical (unpaired) electrons. The van der Waals surface area contributed by atoms with Gasteiger partial charge in [0.05, 0.1) is 7.11 Å². The summed E-state index contributed by atoms with van der Waals surface area (Å²) in [5, 5.41) is 1.32. The Balaban J connectivity index is 2.40. The van der Waals surface area contributed by atoms with Crippen molar-refractivity contribution in [2.75, 3.05) is 13.4 Å². The van der Waals surface area contributed by atoms with Gasteiger partial charge < -0.3 is 4.74 Å². The van der Waals surface area contributed by atoms with E-state index < -0.39 is 0 Å². The highest BCUT2D eigenvalue weighted by Crippen LogP contribution is 2.35. The Bertz CT molecular complexity index is 686. The SMILES string of the molecule is COC(=O)CCc1ccc(Cl)cc1-c1ccc(SC)cc1Cl. The second-order valence-electron chi connectivity index (χ2n) is 4.72. The van der Waals surface area contributed by atoms with E-state index in [2.05, 4.69) is 0 Å². The number of carbonyl (C=O) groups excluding carboxylic acids is 1. The lowest BCUT2D eigenvalue weighted by Crippen LogP contribution is -2.03. The predicted octanol–water partition coefficient (Wildman–Crippen LogP) is 5.49. The molecule has 0 saturated carbocycles. The van der Waals surface area contributed by atoms with Gasteiger partial charge in [0.15, 0.2) is 0 Å². The largest absolute Gasteiger partial charge is 0.469 e. The third-order valence-electron chi connectivity index (χ3n) is 3.36. The molecule has 2 aromatic carbocycles. The van der Waals surface area contributed by atoms with E-state index in [1.807, 2.05) is 42.7 Å². The molecule has 0 bridgehead atoms. The number of rotatable bonds is 5. The fourth-order valence-corrected chi connectivity index (χ4v) is 3.16. The lowest BCUT2D eigenvalue weighted by Gasteiger charge is -2.12. The van der Waals surface area contributed by atoms with E-state index in [4.69, 9.17) is 27.9 Å². The van der Waals surface area contributed by atoms with Crippen LogP contribution in [0.5, 0.6) is 0 Å². The summed E-state index contributed by atoms with van der Waals surface area (Å²) in [4.78, 5) is 12.5. The van der Waals surface area contributed by atoms with Crippen molar-refractivity contribution >= 4 is 40.9 Å². The Morgan fingerprint density at radius 1 is 1.14 bits per heavy atom. The second-order valence-corrected chi connectivity index (χ2v) is 6.45. The quantitative estimate of drug-likeness (QED) is 0.524. The van der Waals surface area contributed by atoms with E-state index in [9.17, 15) is 4.79 Å². The number of halogens is 2. The Morgan fingerprint density at radius 2 is 1.91 bits per heavy atom. The zero-order valence-corrected chi connectivity index (χ0v) is 14.7. The molecule has 0 N–H and O–H groups in total. The topological polar surface area (TPSA) is 26.3 Å². The Labute approximate surface area is 144 Å². The molecule has 2 rings (SSSR count). The molecule has 0 heterocycles. The minimum Gasteiger partial charge on any atom is -0.469 e. The zero-order chi connectivity index (χ0) is 16.1. The summed E-state index contributed by atoms with van der Waals surface area (Å²) < 4.78 is 4.70. The Kier molecular flexibility index (Phi) is 6.18. The van der Waals surface area contributed by atoms with E-state index in [0.717, 1.165) is 21.6 Å². The molecule has 0 fully saturated rings. The zero-order valence-electron chi connectivity index (χ0n) is 12.4. The third-order valence-corrected chi connectivity index (χ3v) is 4.64. The first kappa shape index (κ1) is 17.2.